The van der Waals surface area contributed by atoms with Gasteiger partial charge in [-0.15, -0.1) is 0 Å². The lowest BCUT2D eigenvalue weighted by Crippen LogP contribution is -2.48. The molecule has 1 N–H and O–H groups in total. The zero-order valence-electron chi connectivity index (χ0n) is 16.6. The second-order valence-corrected chi connectivity index (χ2v) is 8.99. The molecule has 6 nitrogen and oxygen atoms in total. The van der Waals surface area contributed by atoms with E-state index in [-0.39, 0.29) is 11.7 Å². The number of sulfonamides is 1. The number of nitrogens with one attached hydrogen (secondary N) is 1. The van der Waals surface area contributed by atoms with Crippen molar-refractivity contribution in [1.29, 1.82) is 0 Å². The van der Waals surface area contributed by atoms with Crippen molar-refractivity contribution < 1.29 is 17.9 Å². The normalized spacial score (nSPS) is 13.5. The van der Waals surface area contributed by atoms with Crippen LogP contribution in [0.5, 0.6) is 5.75 Å². The number of amides is 1. The number of carbonyl (C=O) groups is 1. The molecule has 2 aromatic rings. The summed E-state index contributed by atoms with van der Waals surface area (Å²) in [6, 6.07) is 11.1. The Balaban J connectivity index is 2.33. The lowest BCUT2D eigenvalue weighted by molar-refractivity contribution is -0.122. The molecule has 28 heavy (non-hydrogen) atoms. The summed E-state index contributed by atoms with van der Waals surface area (Å²) in [5, 5.41) is 3.21. The molecule has 0 aromatic heterocycles. The SMILES string of the molecule is COc1ccc(Cl)cc1N([C@H](C)C(=O)N[C@@H](C)c1ccc(C)cc1)S(C)(=O)=O. The van der Waals surface area contributed by atoms with E-state index in [1.54, 1.807) is 12.1 Å². The standard InChI is InChI=1S/C20H25ClN2O4S/c1-13-6-8-16(9-7-13)14(2)22-20(24)15(3)23(28(5,25)26)18-12-17(21)10-11-19(18)27-4/h6-12,14-15H,1-5H3,(H,22,24)/t14-,15+/m0/s1. The van der Waals surface area contributed by atoms with Gasteiger partial charge in [-0.1, -0.05) is 41.4 Å². The van der Waals surface area contributed by atoms with Crippen LogP contribution in [0.2, 0.25) is 5.02 Å². The van der Waals surface area contributed by atoms with Crippen LogP contribution in [0.15, 0.2) is 42.5 Å². The van der Waals surface area contributed by atoms with Crippen LogP contribution in [-0.2, 0) is 14.8 Å². The number of hydrogen-bond donors (Lipinski definition) is 1. The van der Waals surface area contributed by atoms with E-state index in [0.717, 1.165) is 21.7 Å². The third-order valence-corrected chi connectivity index (χ3v) is 5.87. The maximum Gasteiger partial charge on any atom is 0.244 e. The molecule has 0 heterocycles. The maximum atomic E-state index is 12.8. The van der Waals surface area contributed by atoms with Crippen LogP contribution in [0.4, 0.5) is 5.69 Å². The highest BCUT2D eigenvalue weighted by Gasteiger charge is 2.32. The van der Waals surface area contributed by atoms with Crippen molar-refractivity contribution in [2.45, 2.75) is 32.9 Å². The monoisotopic (exact) mass is 424 g/mol. The highest BCUT2D eigenvalue weighted by Crippen LogP contribution is 2.34. The van der Waals surface area contributed by atoms with Crippen LogP contribution in [0.25, 0.3) is 0 Å². The van der Waals surface area contributed by atoms with Crippen molar-refractivity contribution in [1.82, 2.24) is 5.32 Å². The van der Waals surface area contributed by atoms with E-state index < -0.39 is 22.0 Å². The van der Waals surface area contributed by atoms with Gasteiger partial charge in [-0.3, -0.25) is 9.10 Å². The average Bonchev–Trinajstić information content (AvgIpc) is 2.61. The van der Waals surface area contributed by atoms with Gasteiger partial charge in [-0.05, 0) is 44.5 Å². The average molecular weight is 425 g/mol. The van der Waals surface area contributed by atoms with Crippen molar-refractivity contribution in [3.8, 4) is 5.75 Å². The minimum Gasteiger partial charge on any atom is -0.495 e. The number of ether oxygens (including phenoxy) is 1. The first-order valence-corrected chi connectivity index (χ1v) is 11.0. The Morgan fingerprint density at radius 2 is 1.75 bits per heavy atom. The summed E-state index contributed by atoms with van der Waals surface area (Å²) in [5.41, 5.74) is 2.26. The molecule has 0 radical (unpaired) electrons. The van der Waals surface area contributed by atoms with Gasteiger partial charge in [0.2, 0.25) is 15.9 Å². The fourth-order valence-electron chi connectivity index (χ4n) is 2.89. The summed E-state index contributed by atoms with van der Waals surface area (Å²) in [5.74, 6) is -0.124. The lowest BCUT2D eigenvalue weighted by Gasteiger charge is -2.30. The quantitative estimate of drug-likeness (QED) is 0.735. The van der Waals surface area contributed by atoms with E-state index in [2.05, 4.69) is 5.32 Å². The topological polar surface area (TPSA) is 75.7 Å². The number of nitrogens with zero attached hydrogens (tertiary/aromatic N) is 1. The molecule has 0 saturated carbocycles. The number of carbonyl (C=O) groups excluding carboxylic acids is 1. The lowest BCUT2D eigenvalue weighted by atomic mass is 10.1. The molecule has 0 saturated heterocycles. The molecule has 0 fully saturated rings. The number of hydrogen-bond acceptors (Lipinski definition) is 4. The zero-order chi connectivity index (χ0) is 21.1. The van der Waals surface area contributed by atoms with Gasteiger partial charge in [0, 0.05) is 5.02 Å². The van der Waals surface area contributed by atoms with Gasteiger partial charge >= 0.3 is 0 Å². The molecule has 0 bridgehead atoms. The van der Waals surface area contributed by atoms with E-state index >= 15 is 0 Å². The van der Waals surface area contributed by atoms with E-state index in [0.29, 0.717) is 10.8 Å². The van der Waals surface area contributed by atoms with Crippen LogP contribution in [0, 0.1) is 6.92 Å². The molecule has 8 heteroatoms. The molecule has 0 aliphatic carbocycles. The molecule has 2 rings (SSSR count). The Labute approximate surface area is 171 Å². The van der Waals surface area contributed by atoms with Crippen LogP contribution in [0.3, 0.4) is 0 Å². The molecule has 152 valence electrons. The minimum atomic E-state index is -3.78. The van der Waals surface area contributed by atoms with Gasteiger partial charge in [0.25, 0.3) is 0 Å². The second kappa shape index (κ2) is 8.84. The van der Waals surface area contributed by atoms with Gasteiger partial charge in [0.05, 0.1) is 25.1 Å². The van der Waals surface area contributed by atoms with Gasteiger partial charge in [0.1, 0.15) is 11.8 Å². The molecule has 2 atom stereocenters. The summed E-state index contributed by atoms with van der Waals surface area (Å²) in [4.78, 5) is 12.8. The Bertz CT molecular complexity index is 945. The highest BCUT2D eigenvalue weighted by molar-refractivity contribution is 7.92. The number of rotatable bonds is 7. The number of anilines is 1. The third kappa shape index (κ3) is 5.17. The summed E-state index contributed by atoms with van der Waals surface area (Å²) < 4.78 is 31.3. The van der Waals surface area contributed by atoms with Crippen molar-refractivity contribution in [2.24, 2.45) is 0 Å². The van der Waals surface area contributed by atoms with E-state index in [1.165, 1.54) is 20.1 Å². The number of methoxy groups -OCH3 is 1. The van der Waals surface area contributed by atoms with Crippen LogP contribution in [-0.4, -0.2) is 33.7 Å². The molecule has 1 amide bonds. The Morgan fingerprint density at radius 1 is 1.14 bits per heavy atom. The summed E-state index contributed by atoms with van der Waals surface area (Å²) in [6.07, 6.45) is 1.04. The third-order valence-electron chi connectivity index (χ3n) is 4.40. The molecular weight excluding hydrogens is 400 g/mol. The minimum absolute atomic E-state index is 0.211. The predicted molar refractivity (Wildman–Crippen MR) is 113 cm³/mol. The summed E-state index contributed by atoms with van der Waals surface area (Å²) >= 11 is 6.05. The second-order valence-electron chi connectivity index (χ2n) is 6.69. The fraction of sp³-hybridized carbons (Fsp3) is 0.350. The maximum absolute atomic E-state index is 12.8. The molecule has 0 aliphatic rings. The number of aryl methyl sites for hydroxylation is 1. The van der Waals surface area contributed by atoms with E-state index in [1.807, 2.05) is 38.1 Å². The smallest absolute Gasteiger partial charge is 0.244 e. The summed E-state index contributed by atoms with van der Waals surface area (Å²) in [6.45, 7) is 5.36. The highest BCUT2D eigenvalue weighted by atomic mass is 35.5. The van der Waals surface area contributed by atoms with Crippen molar-refractivity contribution >= 4 is 33.2 Å². The zero-order valence-corrected chi connectivity index (χ0v) is 18.1. The molecule has 0 aliphatic heterocycles. The van der Waals surface area contributed by atoms with Gasteiger partial charge < -0.3 is 10.1 Å². The van der Waals surface area contributed by atoms with Gasteiger partial charge in [-0.25, -0.2) is 8.42 Å². The number of benzene rings is 2. The first-order chi connectivity index (χ1) is 13.0. The molecule has 0 spiro atoms. The number of halogens is 1. The van der Waals surface area contributed by atoms with Gasteiger partial charge in [-0.2, -0.15) is 0 Å². The fourth-order valence-corrected chi connectivity index (χ4v) is 4.23. The van der Waals surface area contributed by atoms with E-state index in [4.69, 9.17) is 16.3 Å². The molecule has 2 aromatic carbocycles. The Kier molecular flexibility index (Phi) is 6.96. The first kappa shape index (κ1) is 22.0. The van der Waals surface area contributed by atoms with Gasteiger partial charge in [0.15, 0.2) is 0 Å². The summed E-state index contributed by atoms with van der Waals surface area (Å²) in [7, 11) is -2.36. The Hall–Kier alpha value is -2.25. The van der Waals surface area contributed by atoms with Crippen LogP contribution < -0.4 is 14.4 Å². The predicted octanol–water partition coefficient (Wildman–Crippen LogP) is 3.69. The molecule has 0 unspecified atom stereocenters. The Morgan fingerprint density at radius 3 is 2.29 bits per heavy atom. The first-order valence-electron chi connectivity index (χ1n) is 8.74. The largest absolute Gasteiger partial charge is 0.495 e. The van der Waals surface area contributed by atoms with Crippen molar-refractivity contribution in [2.75, 3.05) is 17.7 Å². The van der Waals surface area contributed by atoms with Crippen LogP contribution in [0.1, 0.15) is 31.0 Å². The van der Waals surface area contributed by atoms with Crippen molar-refractivity contribution in [3.05, 3.63) is 58.6 Å². The van der Waals surface area contributed by atoms with Crippen molar-refractivity contribution in [3.63, 3.8) is 0 Å². The van der Waals surface area contributed by atoms with Crippen LogP contribution >= 0.6 is 11.6 Å². The molecular formula is C20H25ClN2O4S. The van der Waals surface area contributed by atoms with E-state index in [9.17, 15) is 13.2 Å².